The molecular formula is C31H27F2N3O4S2. The van der Waals surface area contributed by atoms with Gasteiger partial charge in [-0.1, -0.05) is 67.1 Å². The first-order valence-electron chi connectivity index (χ1n) is 13.4. The Bertz CT molecular complexity index is 1610. The fourth-order valence-corrected chi connectivity index (χ4v) is 6.33. The lowest BCUT2D eigenvalue weighted by molar-refractivity contribution is -0.132. The summed E-state index contributed by atoms with van der Waals surface area (Å²) in [6.07, 6.45) is 2.95. The highest BCUT2D eigenvalue weighted by Gasteiger charge is 2.48. The highest BCUT2D eigenvalue weighted by molar-refractivity contribution is 8.00. The fourth-order valence-electron chi connectivity index (χ4n) is 4.51. The summed E-state index contributed by atoms with van der Waals surface area (Å²) in [4.78, 5) is 28.1. The smallest absolute Gasteiger partial charge is 0.301 e. The Kier molecular flexibility index (Phi) is 9.28. The van der Waals surface area contributed by atoms with Gasteiger partial charge >= 0.3 is 5.91 Å². The molecule has 216 valence electrons. The van der Waals surface area contributed by atoms with Crippen LogP contribution < -0.4 is 9.64 Å². The number of ketones is 1. The molecule has 2 heterocycles. The quantitative estimate of drug-likeness (QED) is 0.0478. The van der Waals surface area contributed by atoms with Crippen LogP contribution in [0, 0.1) is 11.6 Å². The van der Waals surface area contributed by atoms with Crippen molar-refractivity contribution in [1.82, 2.24) is 10.2 Å². The number of hydrogen-bond donors (Lipinski definition) is 1. The molecule has 1 saturated heterocycles. The molecule has 4 aromatic rings. The molecule has 0 bridgehead atoms. The van der Waals surface area contributed by atoms with Gasteiger partial charge in [0.15, 0.2) is 4.34 Å². The number of hydrogen-bond acceptors (Lipinski definition) is 8. The van der Waals surface area contributed by atoms with Gasteiger partial charge in [0.1, 0.15) is 23.1 Å². The Morgan fingerprint density at radius 1 is 1.00 bits per heavy atom. The number of carbonyl (C=O) groups is 2. The standard InChI is InChI=1S/C31H27F2N3O4S2/c1-2-3-4-16-40-24-7-5-6-21(17-24)26-25(27(37)20-10-14-23(33)15-11-20)28(38)29(39)36(26)30-34-35-31(42-30)41-18-19-8-12-22(32)13-9-19/h5-15,17,26,37H,2-4,16,18H2,1H3. The molecule has 1 aliphatic heterocycles. The molecule has 0 spiro atoms. The van der Waals surface area contributed by atoms with E-state index in [2.05, 4.69) is 17.1 Å². The Balaban J connectivity index is 1.51. The number of aromatic nitrogens is 2. The van der Waals surface area contributed by atoms with Crippen molar-refractivity contribution < 1.29 is 28.2 Å². The number of benzene rings is 3. The average molecular weight is 608 g/mol. The zero-order valence-electron chi connectivity index (χ0n) is 22.6. The van der Waals surface area contributed by atoms with Crippen LogP contribution in [0.3, 0.4) is 0 Å². The zero-order valence-corrected chi connectivity index (χ0v) is 24.3. The molecule has 7 nitrogen and oxygen atoms in total. The number of halogens is 2. The van der Waals surface area contributed by atoms with Crippen molar-refractivity contribution in [2.24, 2.45) is 0 Å². The summed E-state index contributed by atoms with van der Waals surface area (Å²) in [6, 6.07) is 17.1. The largest absolute Gasteiger partial charge is 0.507 e. The van der Waals surface area contributed by atoms with Gasteiger partial charge in [-0.05, 0) is 66.1 Å². The Morgan fingerprint density at radius 2 is 1.71 bits per heavy atom. The van der Waals surface area contributed by atoms with E-state index in [9.17, 15) is 23.5 Å². The van der Waals surface area contributed by atoms with Gasteiger partial charge in [0, 0.05) is 11.3 Å². The first kappa shape index (κ1) is 29.4. The second kappa shape index (κ2) is 13.3. The van der Waals surface area contributed by atoms with E-state index in [1.165, 1.54) is 53.1 Å². The molecule has 1 amide bonds. The van der Waals surface area contributed by atoms with E-state index >= 15 is 0 Å². The zero-order chi connectivity index (χ0) is 29.6. The number of aliphatic hydroxyl groups excluding tert-OH is 1. The van der Waals surface area contributed by atoms with E-state index in [4.69, 9.17) is 4.74 Å². The van der Waals surface area contributed by atoms with Crippen LogP contribution in [0.25, 0.3) is 5.76 Å². The minimum Gasteiger partial charge on any atom is -0.507 e. The first-order valence-corrected chi connectivity index (χ1v) is 15.2. The summed E-state index contributed by atoms with van der Waals surface area (Å²) in [6.45, 7) is 2.61. The van der Waals surface area contributed by atoms with Gasteiger partial charge in [-0.3, -0.25) is 14.5 Å². The summed E-state index contributed by atoms with van der Waals surface area (Å²) < 4.78 is 33.3. The number of ether oxygens (including phenoxy) is 1. The first-order chi connectivity index (χ1) is 20.4. The van der Waals surface area contributed by atoms with Crippen LogP contribution in [0.15, 0.2) is 82.7 Å². The van der Waals surface area contributed by atoms with E-state index in [0.717, 1.165) is 36.2 Å². The number of rotatable bonds is 11. The molecule has 1 unspecified atom stereocenters. The number of thioether (sulfide) groups is 1. The maximum Gasteiger partial charge on any atom is 0.301 e. The van der Waals surface area contributed by atoms with Crippen molar-refractivity contribution >= 4 is 45.7 Å². The maximum atomic E-state index is 13.6. The molecule has 1 fully saturated rings. The van der Waals surface area contributed by atoms with Gasteiger partial charge in [-0.25, -0.2) is 8.78 Å². The third-order valence-corrected chi connectivity index (χ3v) is 8.76. The minimum atomic E-state index is -1.03. The normalized spacial score (nSPS) is 16.3. The van der Waals surface area contributed by atoms with E-state index < -0.39 is 29.3 Å². The van der Waals surface area contributed by atoms with Crippen LogP contribution in [-0.2, 0) is 15.3 Å². The third-order valence-electron chi connectivity index (χ3n) is 6.63. The van der Waals surface area contributed by atoms with Gasteiger partial charge in [-0.15, -0.1) is 10.2 Å². The predicted octanol–water partition coefficient (Wildman–Crippen LogP) is 7.30. The second-order valence-corrected chi connectivity index (χ2v) is 11.7. The number of nitrogens with zero attached hydrogens (tertiary/aromatic N) is 3. The van der Waals surface area contributed by atoms with E-state index in [0.29, 0.717) is 28.0 Å². The lowest BCUT2D eigenvalue weighted by atomic mass is 9.95. The molecule has 0 radical (unpaired) electrons. The highest BCUT2D eigenvalue weighted by atomic mass is 32.2. The lowest BCUT2D eigenvalue weighted by Crippen LogP contribution is -2.29. The number of carbonyl (C=O) groups excluding carboxylic acids is 2. The van der Waals surface area contributed by atoms with Gasteiger partial charge in [0.2, 0.25) is 5.13 Å². The average Bonchev–Trinajstić information content (AvgIpc) is 3.57. The Morgan fingerprint density at radius 3 is 2.43 bits per heavy atom. The van der Waals surface area contributed by atoms with Crippen molar-refractivity contribution in [2.75, 3.05) is 11.5 Å². The number of Topliss-reactive ketones (excluding diaryl/α,β-unsaturated/α-hetero) is 1. The molecule has 1 aliphatic rings. The van der Waals surface area contributed by atoms with Crippen LogP contribution in [0.5, 0.6) is 5.75 Å². The third kappa shape index (κ3) is 6.52. The SMILES string of the molecule is CCCCCOc1cccc(C2C(=C(O)c3ccc(F)cc3)C(=O)C(=O)N2c2nnc(SCc3ccc(F)cc3)s2)c1. The topological polar surface area (TPSA) is 92.6 Å². The van der Waals surface area contributed by atoms with Gasteiger partial charge in [0.05, 0.1) is 18.2 Å². The maximum absolute atomic E-state index is 13.6. The Labute approximate surface area is 249 Å². The van der Waals surface area contributed by atoms with E-state index in [1.807, 2.05) is 0 Å². The van der Waals surface area contributed by atoms with Crippen molar-refractivity contribution in [2.45, 2.75) is 42.3 Å². The summed E-state index contributed by atoms with van der Waals surface area (Å²) in [5, 5.41) is 19.9. The molecule has 1 N–H and O–H groups in total. The second-order valence-electron chi connectivity index (χ2n) is 9.57. The molecule has 1 atom stereocenters. The van der Waals surface area contributed by atoms with Crippen LogP contribution in [0.1, 0.15) is 48.9 Å². The van der Waals surface area contributed by atoms with Gasteiger partial charge < -0.3 is 9.84 Å². The van der Waals surface area contributed by atoms with Gasteiger partial charge in [0.25, 0.3) is 5.78 Å². The van der Waals surface area contributed by atoms with Crippen molar-refractivity contribution in [3.8, 4) is 5.75 Å². The van der Waals surface area contributed by atoms with E-state index in [-0.39, 0.29) is 22.1 Å². The molecule has 42 heavy (non-hydrogen) atoms. The van der Waals surface area contributed by atoms with Gasteiger partial charge in [-0.2, -0.15) is 0 Å². The molecule has 11 heteroatoms. The van der Waals surface area contributed by atoms with Crippen molar-refractivity contribution in [1.29, 1.82) is 0 Å². The summed E-state index contributed by atoms with van der Waals surface area (Å²) in [5.74, 6) is -1.96. The molecule has 5 rings (SSSR count). The number of anilines is 1. The summed E-state index contributed by atoms with van der Waals surface area (Å²) >= 11 is 2.49. The van der Waals surface area contributed by atoms with E-state index in [1.54, 1.807) is 36.4 Å². The molecule has 0 saturated carbocycles. The Hall–Kier alpha value is -4.09. The van der Waals surface area contributed by atoms with Crippen LogP contribution >= 0.6 is 23.1 Å². The van der Waals surface area contributed by atoms with Crippen LogP contribution in [0.2, 0.25) is 0 Å². The predicted molar refractivity (Wildman–Crippen MR) is 159 cm³/mol. The molecule has 0 aliphatic carbocycles. The van der Waals surface area contributed by atoms with Crippen molar-refractivity contribution in [3.05, 3.63) is 107 Å². The molecular weight excluding hydrogens is 580 g/mol. The fraction of sp³-hybridized carbons (Fsp3) is 0.226. The van der Waals surface area contributed by atoms with Crippen molar-refractivity contribution in [3.63, 3.8) is 0 Å². The minimum absolute atomic E-state index is 0.148. The number of aliphatic hydroxyl groups is 1. The van der Waals surface area contributed by atoms with Crippen LogP contribution in [-0.4, -0.2) is 33.6 Å². The summed E-state index contributed by atoms with van der Waals surface area (Å²) in [7, 11) is 0. The highest BCUT2D eigenvalue weighted by Crippen LogP contribution is 2.44. The monoisotopic (exact) mass is 607 g/mol. The van der Waals surface area contributed by atoms with Crippen LogP contribution in [0.4, 0.5) is 13.9 Å². The molecule has 3 aromatic carbocycles. The number of amides is 1. The summed E-state index contributed by atoms with van der Waals surface area (Å²) in [5.41, 5.74) is 1.46. The lowest BCUT2D eigenvalue weighted by Gasteiger charge is -2.23. The molecule has 1 aromatic heterocycles. The number of unbranched alkanes of at least 4 members (excludes halogenated alkanes) is 2.